The first-order valence-corrected chi connectivity index (χ1v) is 31.6. The van der Waals surface area contributed by atoms with Crippen molar-refractivity contribution in [3.05, 3.63) is 72.9 Å². The summed E-state index contributed by atoms with van der Waals surface area (Å²) in [6, 6.07) is 0. The topological polar surface area (TPSA) is 178 Å². The third-order valence-electron chi connectivity index (χ3n) is 13.6. The fraction of sp³-hybridized carbons (Fsp3) is 0.790. The van der Waals surface area contributed by atoms with Crippen LogP contribution in [0.2, 0.25) is 0 Å². The number of aliphatic hydroxyl groups excluding tert-OH is 3. The fourth-order valence-electron chi connectivity index (χ4n) is 9.09. The van der Waals surface area contributed by atoms with Crippen molar-refractivity contribution in [2.24, 2.45) is 0 Å². The highest BCUT2D eigenvalue weighted by molar-refractivity contribution is 7.80. The molecule has 1 rings (SSSR count). The van der Waals surface area contributed by atoms with Gasteiger partial charge in [-0.1, -0.05) is 254 Å². The lowest BCUT2D eigenvalue weighted by molar-refractivity contribution is -0.301. The largest absolute Gasteiger partial charge is 0.457 e. The minimum absolute atomic E-state index is 0.0273. The molecular weight excluding hydrogens is 969 g/mol. The normalized spacial score (nSPS) is 19.1. The van der Waals surface area contributed by atoms with Crippen LogP contribution in [0.3, 0.4) is 0 Å². The molecule has 1 saturated heterocycles. The molecule has 0 aliphatic carbocycles. The molecule has 6 atom stereocenters. The number of esters is 1. The van der Waals surface area contributed by atoms with E-state index in [1.54, 1.807) is 0 Å². The van der Waals surface area contributed by atoms with E-state index < -0.39 is 59.8 Å². The van der Waals surface area contributed by atoms with Crippen molar-refractivity contribution < 1.29 is 56.2 Å². The van der Waals surface area contributed by atoms with Gasteiger partial charge in [0, 0.05) is 13.0 Å². The van der Waals surface area contributed by atoms with Crippen molar-refractivity contribution in [3.63, 3.8) is 0 Å². The number of carbonyl (C=O) groups is 1. The molecule has 6 unspecified atom stereocenters. The summed E-state index contributed by atoms with van der Waals surface area (Å²) in [7, 11) is -5.07. The zero-order chi connectivity index (χ0) is 54.6. The second-order valence-corrected chi connectivity index (χ2v) is 21.6. The smallest absolute Gasteiger partial charge is 0.397 e. The highest BCUT2D eigenvalue weighted by atomic mass is 32.3. The minimum Gasteiger partial charge on any atom is -0.457 e. The van der Waals surface area contributed by atoms with E-state index in [0.29, 0.717) is 13.0 Å². The van der Waals surface area contributed by atoms with Gasteiger partial charge in [-0.2, -0.15) is 8.42 Å². The first-order valence-electron chi connectivity index (χ1n) is 30.2. The summed E-state index contributed by atoms with van der Waals surface area (Å²) in [5, 5.41) is 30.9. The number of hydrogen-bond donors (Lipinski definition) is 4. The Bertz CT molecular complexity index is 1580. The van der Waals surface area contributed by atoms with Gasteiger partial charge in [0.1, 0.15) is 30.5 Å². The van der Waals surface area contributed by atoms with Crippen LogP contribution in [0.25, 0.3) is 0 Å². The van der Waals surface area contributed by atoms with Gasteiger partial charge in [-0.05, 0) is 64.2 Å². The molecule has 1 aliphatic heterocycles. The van der Waals surface area contributed by atoms with Crippen molar-refractivity contribution in [3.8, 4) is 0 Å². The van der Waals surface area contributed by atoms with Crippen LogP contribution in [-0.4, -0.2) is 97.5 Å². The molecule has 12 nitrogen and oxygen atoms in total. The van der Waals surface area contributed by atoms with Crippen LogP contribution in [0.4, 0.5) is 0 Å². The molecule has 1 heterocycles. The SMILES string of the molecule is CC/C=C\C/C=C\C/C=C\C/C=C\C/C=C\C/C=C\CCCCCCCCCOCC(COC1OC(CO)C(O)C(OS(=O)(=O)O)C1O)OC(=O)CCCCCCCCCCCCCCCCCCCCCCCC. The lowest BCUT2D eigenvalue weighted by atomic mass is 9.99. The molecule has 0 bridgehead atoms. The summed E-state index contributed by atoms with van der Waals surface area (Å²) in [5.74, 6) is -0.400. The summed E-state index contributed by atoms with van der Waals surface area (Å²) < 4.78 is 59.5. The maximum atomic E-state index is 13.0. The fourth-order valence-corrected chi connectivity index (χ4v) is 9.60. The highest BCUT2D eigenvalue weighted by Crippen LogP contribution is 2.26. The number of aliphatic hydroxyl groups is 3. The van der Waals surface area contributed by atoms with Crippen molar-refractivity contribution in [1.29, 1.82) is 0 Å². The second kappa shape index (κ2) is 52.3. The predicted molar refractivity (Wildman–Crippen MR) is 308 cm³/mol. The first-order chi connectivity index (χ1) is 36.6. The number of ether oxygens (including phenoxy) is 4. The predicted octanol–water partition coefficient (Wildman–Crippen LogP) is 15.4. The second-order valence-electron chi connectivity index (χ2n) is 20.6. The number of allylic oxidation sites excluding steroid dienone is 12. The van der Waals surface area contributed by atoms with Crippen LogP contribution in [0.15, 0.2) is 72.9 Å². The van der Waals surface area contributed by atoms with E-state index in [0.717, 1.165) is 89.9 Å². The summed E-state index contributed by atoms with van der Waals surface area (Å²) in [4.78, 5) is 13.0. The lowest BCUT2D eigenvalue weighted by Gasteiger charge is -2.41. The molecule has 1 aliphatic rings. The van der Waals surface area contributed by atoms with E-state index in [9.17, 15) is 33.1 Å². The molecule has 0 amide bonds. The van der Waals surface area contributed by atoms with Gasteiger partial charge in [0.15, 0.2) is 6.29 Å². The van der Waals surface area contributed by atoms with Gasteiger partial charge in [0.05, 0.1) is 19.8 Å². The van der Waals surface area contributed by atoms with Crippen LogP contribution in [0, 0.1) is 0 Å². The van der Waals surface area contributed by atoms with E-state index in [2.05, 4.69) is 90.9 Å². The van der Waals surface area contributed by atoms with Crippen LogP contribution < -0.4 is 0 Å². The van der Waals surface area contributed by atoms with Gasteiger partial charge in [-0.25, -0.2) is 4.18 Å². The number of unbranched alkanes of at least 4 members (excludes halogenated alkanes) is 28. The van der Waals surface area contributed by atoms with Gasteiger partial charge in [0.25, 0.3) is 0 Å². The summed E-state index contributed by atoms with van der Waals surface area (Å²) in [5.41, 5.74) is 0. The maximum Gasteiger partial charge on any atom is 0.397 e. The number of rotatable bonds is 53. The zero-order valence-corrected chi connectivity index (χ0v) is 48.2. The van der Waals surface area contributed by atoms with Gasteiger partial charge in [-0.3, -0.25) is 9.35 Å². The van der Waals surface area contributed by atoms with Crippen molar-refractivity contribution in [2.75, 3.05) is 26.4 Å². The minimum atomic E-state index is -5.07. The Hall–Kier alpha value is -2.46. The monoisotopic (exact) mass is 1080 g/mol. The van der Waals surface area contributed by atoms with Crippen LogP contribution >= 0.6 is 0 Å². The van der Waals surface area contributed by atoms with Crippen molar-refractivity contribution in [2.45, 2.75) is 288 Å². The van der Waals surface area contributed by atoms with Crippen LogP contribution in [0.1, 0.15) is 251 Å². The Kier molecular flexibility index (Phi) is 49.2. The highest BCUT2D eigenvalue weighted by Gasteiger charge is 2.48. The summed E-state index contributed by atoms with van der Waals surface area (Å²) >= 11 is 0. The molecule has 436 valence electrons. The third kappa shape index (κ3) is 45.1. The van der Waals surface area contributed by atoms with Gasteiger partial charge < -0.3 is 34.3 Å². The molecule has 0 radical (unpaired) electrons. The molecule has 0 aromatic carbocycles. The molecule has 75 heavy (non-hydrogen) atoms. The lowest BCUT2D eigenvalue weighted by Crippen LogP contribution is -2.60. The Balaban J connectivity index is 2.29. The van der Waals surface area contributed by atoms with Crippen LogP contribution in [-0.2, 0) is 38.3 Å². The van der Waals surface area contributed by atoms with Crippen molar-refractivity contribution in [1.82, 2.24) is 0 Å². The molecule has 0 aromatic rings. The standard InChI is InChI=1S/C62H110O12S/c1-3-5-7-9-11-13-15-17-19-21-23-25-27-28-29-30-32-34-36-38-40-42-44-46-48-50-52-70-54-56(55-71-62-60(66)61(74-75(67,68)69)59(65)57(53-63)73-62)72-58(64)51-49-47-45-43-41-39-37-35-33-31-26-24-22-20-18-16-14-12-10-8-6-4-2/h5,7,11,13,17,19,23,25,28-29,32,34,56-57,59-63,65-66H,3-4,6,8-10,12,14-16,18,20-22,24,26-27,30-31,33,35-55H2,1-2H3,(H,67,68,69)/b7-5-,13-11-,19-17-,25-23-,29-28-,34-32-. The Morgan fingerprint density at radius 3 is 1.35 bits per heavy atom. The molecular formula is C62H110O12S. The van der Waals surface area contributed by atoms with Crippen LogP contribution in [0.5, 0.6) is 0 Å². The number of hydrogen-bond acceptors (Lipinski definition) is 11. The quantitative estimate of drug-likeness (QED) is 0.0196. The first kappa shape index (κ1) is 70.6. The maximum absolute atomic E-state index is 13.0. The molecule has 0 spiro atoms. The Morgan fingerprint density at radius 2 is 0.920 bits per heavy atom. The Morgan fingerprint density at radius 1 is 0.520 bits per heavy atom. The van der Waals surface area contributed by atoms with E-state index in [4.69, 9.17) is 18.9 Å². The van der Waals surface area contributed by atoms with E-state index in [1.165, 1.54) is 135 Å². The van der Waals surface area contributed by atoms with E-state index in [-0.39, 0.29) is 19.6 Å². The Labute approximate surface area is 458 Å². The van der Waals surface area contributed by atoms with Gasteiger partial charge >= 0.3 is 16.4 Å². The summed E-state index contributed by atoms with van der Waals surface area (Å²) in [6.07, 6.45) is 60.8. The molecule has 4 N–H and O–H groups in total. The zero-order valence-electron chi connectivity index (χ0n) is 47.3. The number of carbonyl (C=O) groups excluding carboxylic acids is 1. The average Bonchev–Trinajstić information content (AvgIpc) is 3.39. The van der Waals surface area contributed by atoms with Gasteiger partial charge in [0.2, 0.25) is 0 Å². The van der Waals surface area contributed by atoms with E-state index in [1.807, 2.05) is 0 Å². The molecule has 1 fully saturated rings. The third-order valence-corrected chi connectivity index (χ3v) is 14.1. The summed E-state index contributed by atoms with van der Waals surface area (Å²) in [6.45, 7) is 3.89. The molecule has 0 aromatic heterocycles. The average molecular weight is 1080 g/mol. The van der Waals surface area contributed by atoms with Gasteiger partial charge in [-0.15, -0.1) is 0 Å². The van der Waals surface area contributed by atoms with Crippen molar-refractivity contribution >= 4 is 16.4 Å². The molecule has 13 heteroatoms. The molecule has 0 saturated carbocycles. The van der Waals surface area contributed by atoms with E-state index >= 15 is 0 Å².